The van der Waals surface area contributed by atoms with Crippen molar-refractivity contribution in [2.24, 2.45) is 0 Å². The van der Waals surface area contributed by atoms with E-state index in [1.165, 1.54) is 11.1 Å². The number of ether oxygens (including phenoxy) is 3. The number of aryl methyl sites for hydroxylation is 2. The predicted octanol–water partition coefficient (Wildman–Crippen LogP) is 11.9. The van der Waals surface area contributed by atoms with E-state index in [2.05, 4.69) is 123 Å². The number of nitrogen functional groups attached to an aromatic ring is 1. The third kappa shape index (κ3) is 16.0. The normalized spacial score (nSPS) is 13.1. The zero-order valence-electron chi connectivity index (χ0n) is 39.7. The number of hydrogen-bond donors (Lipinski definition) is 2. The Bertz CT molecular complexity index is 2350. The van der Waals surface area contributed by atoms with Gasteiger partial charge in [-0.15, -0.1) is 0 Å². The van der Waals surface area contributed by atoms with Gasteiger partial charge in [-0.1, -0.05) is 114 Å². The topological polar surface area (TPSA) is 144 Å². The van der Waals surface area contributed by atoms with Crippen molar-refractivity contribution in [2.45, 2.75) is 143 Å². The van der Waals surface area contributed by atoms with Crippen molar-refractivity contribution < 1.29 is 19.0 Å². The summed E-state index contributed by atoms with van der Waals surface area (Å²) in [5.41, 5.74) is 15.0. The smallest absolute Gasteiger partial charge is 0.412 e. The number of aromatic nitrogens is 6. The van der Waals surface area contributed by atoms with E-state index >= 15 is 0 Å². The molecule has 0 unspecified atom stereocenters. The molecule has 63 heavy (non-hydrogen) atoms. The quantitative estimate of drug-likeness (QED) is 0.0600. The Morgan fingerprint density at radius 1 is 0.698 bits per heavy atom. The maximum absolute atomic E-state index is 12.6. The van der Waals surface area contributed by atoms with Gasteiger partial charge in [0.05, 0.1) is 46.2 Å². The summed E-state index contributed by atoms with van der Waals surface area (Å²) in [6.45, 7) is 26.3. The molecule has 0 saturated heterocycles. The number of rotatable bonds is 19. The molecule has 2 aromatic carbocycles. The summed E-state index contributed by atoms with van der Waals surface area (Å²) >= 11 is 0. The monoisotopic (exact) mass is 893 g/mol. The van der Waals surface area contributed by atoms with Gasteiger partial charge >= 0.3 is 6.09 Å². The van der Waals surface area contributed by atoms with Crippen LogP contribution in [0.15, 0.2) is 85.2 Å². The molecule has 0 saturated carbocycles. The molecule has 3 N–H and O–H groups in total. The minimum absolute atomic E-state index is 0.353. The van der Waals surface area contributed by atoms with E-state index in [0.717, 1.165) is 83.5 Å². The van der Waals surface area contributed by atoms with Gasteiger partial charge in [0.1, 0.15) is 30.1 Å². The van der Waals surface area contributed by atoms with Gasteiger partial charge in [-0.2, -0.15) is 10.2 Å². The fourth-order valence-corrected chi connectivity index (χ4v) is 8.40. The van der Waals surface area contributed by atoms with Crippen molar-refractivity contribution in [2.75, 3.05) is 24.3 Å². The Morgan fingerprint density at radius 2 is 1.14 bits per heavy atom. The lowest BCUT2D eigenvalue weighted by molar-refractivity contribution is 0.0635. The Kier molecular flexibility index (Phi) is 17.3. The second-order valence-electron chi connectivity index (χ2n) is 20.1. The van der Waals surface area contributed by atoms with E-state index in [1.54, 1.807) is 17.1 Å². The molecule has 1 amide bonds. The van der Waals surface area contributed by atoms with E-state index < -0.39 is 27.8 Å². The molecule has 14 heteroatoms. The molecule has 0 aliphatic heterocycles. The largest absolute Gasteiger partial charge is 0.444 e. The molecule has 2 atom stereocenters. The Balaban J connectivity index is 0.000000243. The molecule has 12 nitrogen and oxygen atoms in total. The van der Waals surface area contributed by atoms with Crippen LogP contribution in [0.25, 0.3) is 22.1 Å². The van der Waals surface area contributed by atoms with Gasteiger partial charge in [-0.25, -0.2) is 24.1 Å². The molecule has 0 spiro atoms. The number of amides is 1. The molecule has 0 radical (unpaired) electrons. The first-order valence-electron chi connectivity index (χ1n) is 22.5. The van der Waals surface area contributed by atoms with Crippen LogP contribution >= 0.6 is 0 Å². The molecule has 6 rings (SSSR count). The summed E-state index contributed by atoms with van der Waals surface area (Å²) in [5, 5.41) is 11.9. The number of pyridine rings is 2. The van der Waals surface area contributed by atoms with Gasteiger partial charge in [0, 0.05) is 29.4 Å². The molecular formula is C49H72N8O4Si2. The molecule has 0 aliphatic carbocycles. The molecule has 6 aromatic rings. The maximum Gasteiger partial charge on any atom is 0.412 e. The van der Waals surface area contributed by atoms with Crippen LogP contribution in [0.3, 0.4) is 0 Å². The first-order chi connectivity index (χ1) is 29.7. The number of carbonyl (C=O) groups excluding carboxylic acids is 1. The lowest BCUT2D eigenvalue weighted by atomic mass is 9.95. The van der Waals surface area contributed by atoms with Crippen LogP contribution < -0.4 is 11.1 Å². The minimum Gasteiger partial charge on any atom is -0.444 e. The number of benzene rings is 2. The van der Waals surface area contributed by atoms with Crippen molar-refractivity contribution in [3.63, 3.8) is 0 Å². The molecule has 4 aromatic heterocycles. The number of anilines is 2. The van der Waals surface area contributed by atoms with Crippen LogP contribution in [-0.2, 0) is 40.5 Å². The van der Waals surface area contributed by atoms with Crippen molar-refractivity contribution in [1.82, 2.24) is 29.5 Å². The molecule has 0 fully saturated rings. The molecule has 0 bridgehead atoms. The fraction of sp³-hybridized carbons (Fsp3) is 0.490. The summed E-state index contributed by atoms with van der Waals surface area (Å²) in [4.78, 5) is 22.2. The van der Waals surface area contributed by atoms with Gasteiger partial charge in [0.25, 0.3) is 0 Å². The maximum atomic E-state index is 12.6. The van der Waals surface area contributed by atoms with E-state index in [1.807, 2.05) is 43.7 Å². The van der Waals surface area contributed by atoms with Crippen molar-refractivity contribution in [3.8, 4) is 0 Å². The number of fused-ring (bicyclic) bond motifs is 2. The summed E-state index contributed by atoms with van der Waals surface area (Å²) in [6.07, 6.45) is 6.57. The predicted molar refractivity (Wildman–Crippen MR) is 264 cm³/mol. The molecule has 0 aliphatic rings. The highest BCUT2D eigenvalue weighted by Gasteiger charge is 2.21. The van der Waals surface area contributed by atoms with Crippen LogP contribution in [0, 0.1) is 0 Å². The second kappa shape index (κ2) is 22.1. The first kappa shape index (κ1) is 49.1. The van der Waals surface area contributed by atoms with E-state index in [-0.39, 0.29) is 0 Å². The lowest BCUT2D eigenvalue weighted by Crippen LogP contribution is -2.27. The zero-order chi connectivity index (χ0) is 45.8. The average molecular weight is 893 g/mol. The van der Waals surface area contributed by atoms with Crippen LogP contribution in [0.2, 0.25) is 51.4 Å². The zero-order valence-corrected chi connectivity index (χ0v) is 41.7. The number of carbonyl (C=O) groups is 1. The summed E-state index contributed by atoms with van der Waals surface area (Å²) in [6, 6.07) is 27.2. The highest BCUT2D eigenvalue weighted by atomic mass is 28.3. The lowest BCUT2D eigenvalue weighted by Gasteiger charge is -2.21. The van der Waals surface area contributed by atoms with Crippen LogP contribution in [0.5, 0.6) is 0 Å². The van der Waals surface area contributed by atoms with Gasteiger partial charge in [0.2, 0.25) is 0 Å². The Labute approximate surface area is 377 Å². The van der Waals surface area contributed by atoms with E-state index in [0.29, 0.717) is 37.6 Å². The van der Waals surface area contributed by atoms with Crippen LogP contribution in [0.1, 0.15) is 81.8 Å². The molecular weight excluding hydrogens is 821 g/mol. The molecule has 4 heterocycles. The SMILES string of the molecule is C[C@@H](CCc1nc2cnn(COCC[Si](C)(C)C)c2cc1N)c1ccccc1.C[C@@H](CCc1nc2cnn(COCC[Si](C)(C)C)c2cc1NC(=O)OC(C)(C)C)c1ccccc1. The highest BCUT2D eigenvalue weighted by Crippen LogP contribution is 2.28. The van der Waals surface area contributed by atoms with Crippen molar-refractivity contribution in [3.05, 3.63) is 108 Å². The van der Waals surface area contributed by atoms with Crippen molar-refractivity contribution >= 4 is 55.7 Å². The number of nitrogens with one attached hydrogen (secondary N) is 1. The number of nitrogens with zero attached hydrogens (tertiary/aromatic N) is 6. The minimum atomic E-state index is -1.16. The first-order valence-corrected chi connectivity index (χ1v) is 29.9. The van der Waals surface area contributed by atoms with Crippen molar-refractivity contribution in [1.29, 1.82) is 0 Å². The highest BCUT2D eigenvalue weighted by molar-refractivity contribution is 6.76. The Hall–Kier alpha value is -4.90. The fourth-order valence-electron chi connectivity index (χ4n) is 6.89. The summed E-state index contributed by atoms with van der Waals surface area (Å²) in [7, 11) is -2.24. The summed E-state index contributed by atoms with van der Waals surface area (Å²) < 4.78 is 20.9. The summed E-state index contributed by atoms with van der Waals surface area (Å²) in [5.74, 6) is 0.839. The van der Waals surface area contributed by atoms with Gasteiger partial charge in [-0.3, -0.25) is 5.32 Å². The molecule has 340 valence electrons. The van der Waals surface area contributed by atoms with E-state index in [9.17, 15) is 4.79 Å². The Morgan fingerprint density at radius 3 is 1.60 bits per heavy atom. The van der Waals surface area contributed by atoms with Gasteiger partial charge < -0.3 is 19.9 Å². The third-order valence-corrected chi connectivity index (χ3v) is 14.3. The average Bonchev–Trinajstić information content (AvgIpc) is 3.80. The van der Waals surface area contributed by atoms with E-state index in [4.69, 9.17) is 29.9 Å². The van der Waals surface area contributed by atoms with Crippen LogP contribution in [0.4, 0.5) is 16.2 Å². The van der Waals surface area contributed by atoms with Gasteiger partial charge in [-0.05, 0) is 93.6 Å². The van der Waals surface area contributed by atoms with Gasteiger partial charge in [0.15, 0.2) is 0 Å². The second-order valence-corrected chi connectivity index (χ2v) is 31.4. The standard InChI is InChI=1S/C27H40N4O3Si.C22H32N4OSi/c1-20(21-11-9-8-10-12-21)13-14-22-23(30-26(32)34-27(2,3)4)17-25-24(29-22)18-28-31(25)19-33-15-16-35(5,6)7;1-17(18-8-6-5-7-9-18)10-11-20-19(23)14-22-21(25-20)15-24-26(22)16-27-12-13-28(2,3)4/h8-12,17-18,20H,13-16,19H2,1-7H3,(H,30,32);5-9,14-15,17H,10-13,16,23H2,1-4H3/t20-;17-/m00/s1. The number of hydrogen-bond acceptors (Lipinski definition) is 9. The third-order valence-electron chi connectivity index (χ3n) is 10.9. The van der Waals surface area contributed by atoms with Crippen LogP contribution in [-0.4, -0.2) is 70.6 Å². The number of nitrogens with two attached hydrogens (primary N) is 1.